The van der Waals surface area contributed by atoms with Crippen LogP contribution < -0.4 is 9.47 Å². The number of halogens is 6. The second kappa shape index (κ2) is 7.18. The minimum absolute atomic E-state index is 0.0137. The smallest absolute Gasteiger partial charge is 0.438 e. The fraction of sp³-hybridized carbons (Fsp3) is 0.278. The number of hydrogen-bond donors (Lipinski definition) is 0. The summed E-state index contributed by atoms with van der Waals surface area (Å²) in [6, 6.07) is 5.62. The van der Waals surface area contributed by atoms with Crippen molar-refractivity contribution in [1.29, 1.82) is 0 Å². The Labute approximate surface area is 165 Å². The van der Waals surface area contributed by atoms with E-state index in [1.165, 1.54) is 18.3 Å². The van der Waals surface area contributed by atoms with Crippen LogP contribution in [0, 0.1) is 0 Å². The average molecular weight is 430 g/mol. The van der Waals surface area contributed by atoms with E-state index in [1.807, 2.05) is 0 Å². The zero-order chi connectivity index (χ0) is 21.5. The van der Waals surface area contributed by atoms with Crippen LogP contribution in [0.1, 0.15) is 30.0 Å². The Morgan fingerprint density at radius 1 is 1.00 bits per heavy atom. The monoisotopic (exact) mass is 430 g/mol. The molecule has 1 aliphatic carbocycles. The molecular formula is C18H12F6N4O2. The molecular weight excluding hydrogens is 418 g/mol. The summed E-state index contributed by atoms with van der Waals surface area (Å²) in [5, 5.41) is 3.41. The van der Waals surface area contributed by atoms with Crippen LogP contribution in [0.4, 0.5) is 26.3 Å². The molecule has 0 bridgehead atoms. The summed E-state index contributed by atoms with van der Waals surface area (Å²) in [6.45, 7) is 0. The molecule has 6 nitrogen and oxygen atoms in total. The van der Waals surface area contributed by atoms with E-state index in [1.54, 1.807) is 0 Å². The zero-order valence-corrected chi connectivity index (χ0v) is 14.9. The first-order valence-corrected chi connectivity index (χ1v) is 8.62. The van der Waals surface area contributed by atoms with Crippen molar-refractivity contribution in [2.75, 3.05) is 0 Å². The van der Waals surface area contributed by atoms with E-state index in [9.17, 15) is 26.3 Å². The molecule has 1 aromatic carbocycles. The molecule has 0 aliphatic heterocycles. The molecule has 1 aliphatic rings. The molecule has 3 aromatic rings. The number of nitrogens with zero attached hydrogens (tertiary/aromatic N) is 4. The first kappa shape index (κ1) is 20.0. The Kier molecular flexibility index (Phi) is 4.79. The molecule has 4 rings (SSSR count). The first-order valence-electron chi connectivity index (χ1n) is 8.62. The third kappa shape index (κ3) is 4.63. The van der Waals surface area contributed by atoms with E-state index in [2.05, 4.69) is 19.8 Å². The van der Waals surface area contributed by atoms with Crippen LogP contribution in [0.25, 0.3) is 5.95 Å². The van der Waals surface area contributed by atoms with Crippen LogP contribution in [0.5, 0.6) is 17.4 Å². The maximum Gasteiger partial charge on any atom is 0.573 e. The lowest BCUT2D eigenvalue weighted by Gasteiger charge is -2.13. The number of rotatable bonds is 5. The van der Waals surface area contributed by atoms with Gasteiger partial charge in [0.2, 0.25) is 5.88 Å². The standard InChI is InChI=1S/C18H12F6N4O2/c19-17(20,21)14-6-7-28(27-14)16-25-9-13(10-4-5-10)15(26-16)29-11-2-1-3-12(8-11)30-18(22,23)24/h1-3,6-10H,4-5H2. The van der Waals surface area contributed by atoms with E-state index in [4.69, 9.17) is 4.74 Å². The van der Waals surface area contributed by atoms with E-state index >= 15 is 0 Å². The largest absolute Gasteiger partial charge is 0.573 e. The first-order chi connectivity index (χ1) is 14.1. The van der Waals surface area contributed by atoms with Gasteiger partial charge in [-0.3, -0.25) is 0 Å². The van der Waals surface area contributed by atoms with Crippen molar-refractivity contribution >= 4 is 0 Å². The van der Waals surface area contributed by atoms with Crippen LogP contribution in [0.15, 0.2) is 42.7 Å². The van der Waals surface area contributed by atoms with Gasteiger partial charge in [-0.1, -0.05) is 6.07 Å². The summed E-state index contributed by atoms with van der Waals surface area (Å²) in [7, 11) is 0. The van der Waals surface area contributed by atoms with Gasteiger partial charge in [0.05, 0.1) is 0 Å². The van der Waals surface area contributed by atoms with Gasteiger partial charge in [0.15, 0.2) is 5.69 Å². The topological polar surface area (TPSA) is 62.1 Å². The number of aromatic nitrogens is 4. The predicted molar refractivity (Wildman–Crippen MR) is 89.3 cm³/mol. The Bertz CT molecular complexity index is 1060. The number of hydrogen-bond acceptors (Lipinski definition) is 5. The van der Waals surface area contributed by atoms with Gasteiger partial charge < -0.3 is 9.47 Å². The Morgan fingerprint density at radius 3 is 2.37 bits per heavy atom. The van der Waals surface area contributed by atoms with E-state index < -0.39 is 24.0 Å². The average Bonchev–Trinajstić information content (AvgIpc) is 3.34. The molecule has 0 unspecified atom stereocenters. The summed E-state index contributed by atoms with van der Waals surface area (Å²) in [5.41, 5.74) is -0.513. The fourth-order valence-corrected chi connectivity index (χ4v) is 2.67. The lowest BCUT2D eigenvalue weighted by atomic mass is 10.2. The van der Waals surface area contributed by atoms with Gasteiger partial charge in [-0.25, -0.2) is 9.67 Å². The predicted octanol–water partition coefficient (Wildman–Crippen LogP) is 5.25. The van der Waals surface area contributed by atoms with Crippen molar-refractivity contribution in [2.24, 2.45) is 0 Å². The van der Waals surface area contributed by atoms with Crippen LogP contribution >= 0.6 is 0 Å². The normalized spacial score (nSPS) is 14.6. The molecule has 1 fully saturated rings. The molecule has 30 heavy (non-hydrogen) atoms. The highest BCUT2D eigenvalue weighted by molar-refractivity contribution is 5.40. The maximum atomic E-state index is 12.8. The molecule has 1 saturated carbocycles. The third-order valence-electron chi connectivity index (χ3n) is 4.12. The summed E-state index contributed by atoms with van der Waals surface area (Å²) in [6.07, 6.45) is -5.34. The van der Waals surface area contributed by atoms with Gasteiger partial charge >= 0.3 is 12.5 Å². The molecule has 0 saturated heterocycles. The summed E-state index contributed by atoms with van der Waals surface area (Å²) in [4.78, 5) is 8.18. The van der Waals surface area contributed by atoms with E-state index in [0.717, 1.165) is 41.9 Å². The molecule has 158 valence electrons. The molecule has 0 spiro atoms. The molecule has 2 aromatic heterocycles. The van der Waals surface area contributed by atoms with Crippen LogP contribution in [0.3, 0.4) is 0 Å². The maximum absolute atomic E-state index is 12.8. The second-order valence-corrected chi connectivity index (χ2v) is 6.47. The summed E-state index contributed by atoms with van der Waals surface area (Å²) >= 11 is 0. The van der Waals surface area contributed by atoms with Crippen molar-refractivity contribution in [3.8, 4) is 23.3 Å². The van der Waals surface area contributed by atoms with Gasteiger partial charge in [0, 0.05) is 24.0 Å². The van der Waals surface area contributed by atoms with Crippen LogP contribution in [0.2, 0.25) is 0 Å². The van der Waals surface area contributed by atoms with Crippen molar-refractivity contribution in [3.63, 3.8) is 0 Å². The Balaban J connectivity index is 1.65. The highest BCUT2D eigenvalue weighted by Gasteiger charge is 2.34. The summed E-state index contributed by atoms with van der Waals surface area (Å²) < 4.78 is 86.0. The van der Waals surface area contributed by atoms with Gasteiger partial charge in [-0.15, -0.1) is 13.2 Å². The van der Waals surface area contributed by atoms with Crippen molar-refractivity contribution in [3.05, 3.63) is 54.0 Å². The van der Waals surface area contributed by atoms with Gasteiger partial charge in [-0.2, -0.15) is 23.3 Å². The van der Waals surface area contributed by atoms with Crippen molar-refractivity contribution in [1.82, 2.24) is 19.7 Å². The van der Waals surface area contributed by atoms with Gasteiger partial charge in [-0.05, 0) is 37.0 Å². The Hall–Kier alpha value is -3.31. The van der Waals surface area contributed by atoms with Gasteiger partial charge in [0.25, 0.3) is 5.95 Å². The minimum Gasteiger partial charge on any atom is -0.438 e. The molecule has 2 heterocycles. The molecule has 0 radical (unpaired) electrons. The minimum atomic E-state index is -4.86. The number of alkyl halides is 6. The van der Waals surface area contributed by atoms with Crippen LogP contribution in [-0.2, 0) is 6.18 Å². The SMILES string of the molecule is FC(F)(F)Oc1cccc(Oc2nc(-n3ccc(C(F)(F)F)n3)ncc2C2CC2)c1. The number of benzene rings is 1. The van der Waals surface area contributed by atoms with E-state index in [-0.39, 0.29) is 23.5 Å². The highest BCUT2D eigenvalue weighted by atomic mass is 19.4. The number of ether oxygens (including phenoxy) is 2. The second-order valence-electron chi connectivity index (χ2n) is 6.47. The van der Waals surface area contributed by atoms with Crippen molar-refractivity contribution < 1.29 is 35.8 Å². The molecule has 0 amide bonds. The highest BCUT2D eigenvalue weighted by Crippen LogP contribution is 2.44. The third-order valence-corrected chi connectivity index (χ3v) is 4.12. The van der Waals surface area contributed by atoms with Crippen molar-refractivity contribution in [2.45, 2.75) is 31.3 Å². The Morgan fingerprint density at radius 2 is 1.73 bits per heavy atom. The molecule has 0 N–H and O–H groups in total. The lowest BCUT2D eigenvalue weighted by Crippen LogP contribution is -2.17. The summed E-state index contributed by atoms with van der Waals surface area (Å²) in [5.74, 6) is -0.515. The molecule has 12 heteroatoms. The van der Waals surface area contributed by atoms with E-state index in [0.29, 0.717) is 5.56 Å². The quantitative estimate of drug-likeness (QED) is 0.518. The van der Waals surface area contributed by atoms with Gasteiger partial charge in [0.1, 0.15) is 11.5 Å². The van der Waals surface area contributed by atoms with Crippen LogP contribution in [-0.4, -0.2) is 26.1 Å². The fourth-order valence-electron chi connectivity index (χ4n) is 2.67. The molecule has 0 atom stereocenters. The zero-order valence-electron chi connectivity index (χ0n) is 14.9. The lowest BCUT2D eigenvalue weighted by molar-refractivity contribution is -0.274.